The molecule has 1 amide bonds. The molecule has 0 radical (unpaired) electrons. The van der Waals surface area contributed by atoms with E-state index in [1.165, 1.54) is 38.5 Å². The van der Waals surface area contributed by atoms with Crippen LogP contribution < -0.4 is 10.6 Å². The Labute approximate surface area is 199 Å². The molecule has 0 unspecified atom stereocenters. The summed E-state index contributed by atoms with van der Waals surface area (Å²) in [6.07, 6.45) is 11.4. The van der Waals surface area contributed by atoms with Gasteiger partial charge in [-0.25, -0.2) is 0 Å². The van der Waals surface area contributed by atoms with Crippen molar-refractivity contribution in [3.8, 4) is 0 Å². The first-order chi connectivity index (χ1) is 14.3. The van der Waals surface area contributed by atoms with Gasteiger partial charge in [0.05, 0.1) is 6.10 Å². The topological polar surface area (TPSA) is 69.2 Å². The van der Waals surface area contributed by atoms with Crippen LogP contribution in [0.25, 0.3) is 0 Å². The molecule has 0 aromatic carbocycles. The molecular weight excluding hydrogens is 493 g/mol. The summed E-state index contributed by atoms with van der Waals surface area (Å²) in [6.45, 7) is 7.28. The number of hydrogen-bond acceptors (Lipinski definition) is 4. The molecule has 2 N–H and O–H groups in total. The Morgan fingerprint density at radius 2 is 1.67 bits per heavy atom. The molecule has 1 saturated heterocycles. The minimum atomic E-state index is 0. The summed E-state index contributed by atoms with van der Waals surface area (Å²) in [5, 5.41) is 6.78. The van der Waals surface area contributed by atoms with Crippen molar-refractivity contribution < 1.29 is 9.53 Å². The van der Waals surface area contributed by atoms with Crippen molar-refractivity contribution in [1.82, 2.24) is 20.4 Å². The zero-order valence-corrected chi connectivity index (χ0v) is 21.1. The fourth-order valence-corrected chi connectivity index (χ4v) is 4.42. The third-order valence-corrected chi connectivity index (χ3v) is 6.60. The van der Waals surface area contributed by atoms with Gasteiger partial charge in [0, 0.05) is 65.4 Å². The van der Waals surface area contributed by atoms with Gasteiger partial charge in [0.15, 0.2) is 5.96 Å². The highest BCUT2D eigenvalue weighted by Crippen LogP contribution is 2.28. The molecule has 1 aliphatic heterocycles. The van der Waals surface area contributed by atoms with Crippen molar-refractivity contribution >= 4 is 35.8 Å². The lowest BCUT2D eigenvalue weighted by Crippen LogP contribution is -2.52. The van der Waals surface area contributed by atoms with E-state index in [1.54, 1.807) is 0 Å². The van der Waals surface area contributed by atoms with Crippen molar-refractivity contribution in [3.05, 3.63) is 0 Å². The minimum Gasteiger partial charge on any atom is -0.378 e. The first kappa shape index (κ1) is 25.6. The molecule has 2 saturated carbocycles. The molecule has 0 spiro atoms. The quantitative estimate of drug-likeness (QED) is 0.206. The smallest absolute Gasteiger partial charge is 0.225 e. The molecule has 0 aromatic heterocycles. The average Bonchev–Trinajstić information content (AvgIpc) is 2.72. The molecule has 0 bridgehead atoms. The van der Waals surface area contributed by atoms with Crippen molar-refractivity contribution in [1.29, 1.82) is 0 Å². The molecule has 174 valence electrons. The van der Waals surface area contributed by atoms with E-state index in [9.17, 15) is 4.79 Å². The highest BCUT2D eigenvalue weighted by atomic mass is 127. The third kappa shape index (κ3) is 8.49. The van der Waals surface area contributed by atoms with Crippen LogP contribution in [0.1, 0.15) is 57.8 Å². The second-order valence-corrected chi connectivity index (χ2v) is 8.70. The van der Waals surface area contributed by atoms with Gasteiger partial charge >= 0.3 is 0 Å². The summed E-state index contributed by atoms with van der Waals surface area (Å²) in [6, 6.07) is 0. The van der Waals surface area contributed by atoms with Gasteiger partial charge in [-0.2, -0.15) is 0 Å². The zero-order chi connectivity index (χ0) is 20.3. The van der Waals surface area contributed by atoms with Crippen LogP contribution in [0.15, 0.2) is 4.99 Å². The van der Waals surface area contributed by atoms with Gasteiger partial charge in [-0.15, -0.1) is 24.0 Å². The number of rotatable bonds is 9. The van der Waals surface area contributed by atoms with Crippen molar-refractivity contribution in [2.75, 3.05) is 59.5 Å². The zero-order valence-electron chi connectivity index (χ0n) is 18.7. The van der Waals surface area contributed by atoms with E-state index in [0.29, 0.717) is 17.9 Å². The van der Waals surface area contributed by atoms with Gasteiger partial charge in [0.1, 0.15) is 0 Å². The third-order valence-electron chi connectivity index (χ3n) is 6.60. The summed E-state index contributed by atoms with van der Waals surface area (Å²) in [5.41, 5.74) is 0. The van der Waals surface area contributed by atoms with Crippen molar-refractivity contribution in [3.63, 3.8) is 0 Å². The fraction of sp³-hybridized carbons (Fsp3) is 0.909. The van der Waals surface area contributed by atoms with Gasteiger partial charge in [0.2, 0.25) is 5.91 Å². The number of guanidine groups is 1. The van der Waals surface area contributed by atoms with Crippen LogP contribution in [0.3, 0.4) is 0 Å². The molecule has 3 fully saturated rings. The number of hydrogen-bond donors (Lipinski definition) is 2. The molecule has 7 nitrogen and oxygen atoms in total. The van der Waals surface area contributed by atoms with Crippen LogP contribution in [0, 0.1) is 5.92 Å². The highest BCUT2D eigenvalue weighted by Gasteiger charge is 2.30. The lowest BCUT2D eigenvalue weighted by Gasteiger charge is -2.38. The molecule has 8 heteroatoms. The Morgan fingerprint density at radius 1 is 0.967 bits per heavy atom. The van der Waals surface area contributed by atoms with Crippen LogP contribution in [0.4, 0.5) is 0 Å². The number of carbonyl (C=O) groups is 1. The summed E-state index contributed by atoms with van der Waals surface area (Å²) in [5.74, 6) is 1.58. The van der Waals surface area contributed by atoms with Crippen LogP contribution in [0.5, 0.6) is 0 Å². The van der Waals surface area contributed by atoms with Gasteiger partial charge in [0.25, 0.3) is 0 Å². The average molecular weight is 536 g/mol. The largest absolute Gasteiger partial charge is 0.378 e. The Hall–Kier alpha value is -0.610. The van der Waals surface area contributed by atoms with Crippen molar-refractivity contribution in [2.24, 2.45) is 10.9 Å². The van der Waals surface area contributed by atoms with E-state index in [1.807, 2.05) is 7.05 Å². The Morgan fingerprint density at radius 3 is 2.30 bits per heavy atom. The van der Waals surface area contributed by atoms with Gasteiger partial charge in [-0.05, 0) is 32.1 Å². The highest BCUT2D eigenvalue weighted by molar-refractivity contribution is 14.0. The van der Waals surface area contributed by atoms with E-state index in [4.69, 9.17) is 4.74 Å². The van der Waals surface area contributed by atoms with Crippen molar-refractivity contribution in [2.45, 2.75) is 63.9 Å². The number of aliphatic imine (C=N–C) groups is 1. The molecule has 30 heavy (non-hydrogen) atoms. The molecule has 3 rings (SSSR count). The first-order valence-corrected chi connectivity index (χ1v) is 11.8. The monoisotopic (exact) mass is 535 g/mol. The lowest BCUT2D eigenvalue weighted by molar-refractivity contribution is -0.139. The number of piperazine rings is 1. The SMILES string of the molecule is CN=C(NCCCOC1CCCCC1)NCCN1CCN(C(=O)C2CCC2)CC1.I. The fourth-order valence-electron chi connectivity index (χ4n) is 4.42. The molecular formula is C22H42IN5O2. The maximum Gasteiger partial charge on any atom is 0.225 e. The lowest BCUT2D eigenvalue weighted by atomic mass is 9.84. The van der Waals surface area contributed by atoms with Gasteiger partial charge in [-0.3, -0.25) is 14.7 Å². The Kier molecular flexibility index (Phi) is 12.4. The standard InChI is InChI=1S/C22H41N5O2.HI/c1-23-22(24-11-6-18-29-20-9-3-2-4-10-20)25-12-13-26-14-16-27(17-15-26)21(28)19-7-5-8-19;/h19-20H,2-18H2,1H3,(H2,23,24,25);1H. The number of carbonyl (C=O) groups excluding carboxylic acids is 1. The Bertz CT molecular complexity index is 516. The second-order valence-electron chi connectivity index (χ2n) is 8.70. The number of nitrogens with zero attached hydrogens (tertiary/aromatic N) is 3. The minimum absolute atomic E-state index is 0. The molecule has 1 heterocycles. The number of ether oxygens (including phenoxy) is 1. The molecule has 0 aromatic rings. The summed E-state index contributed by atoms with van der Waals surface area (Å²) < 4.78 is 5.97. The van der Waals surface area contributed by atoms with Gasteiger partial charge in [-0.1, -0.05) is 25.7 Å². The number of nitrogens with one attached hydrogen (secondary N) is 2. The van der Waals surface area contributed by atoms with Crippen LogP contribution in [-0.4, -0.2) is 87.2 Å². The summed E-state index contributed by atoms with van der Waals surface area (Å²) in [7, 11) is 1.82. The molecule has 3 aliphatic rings. The summed E-state index contributed by atoms with van der Waals surface area (Å²) in [4.78, 5) is 21.1. The van der Waals surface area contributed by atoms with E-state index in [-0.39, 0.29) is 24.0 Å². The van der Waals surface area contributed by atoms with E-state index in [2.05, 4.69) is 25.4 Å². The van der Waals surface area contributed by atoms with E-state index < -0.39 is 0 Å². The second kappa shape index (κ2) is 14.5. The predicted molar refractivity (Wildman–Crippen MR) is 133 cm³/mol. The van der Waals surface area contributed by atoms with E-state index in [0.717, 1.165) is 77.6 Å². The van der Waals surface area contributed by atoms with Crippen LogP contribution in [0.2, 0.25) is 0 Å². The predicted octanol–water partition coefficient (Wildman–Crippen LogP) is 2.45. The van der Waals surface area contributed by atoms with E-state index >= 15 is 0 Å². The van der Waals surface area contributed by atoms with Gasteiger partial charge < -0.3 is 20.3 Å². The number of halogens is 1. The normalized spacial score (nSPS) is 21.6. The number of amides is 1. The van der Waals surface area contributed by atoms with Crippen LogP contribution >= 0.6 is 24.0 Å². The van der Waals surface area contributed by atoms with Crippen LogP contribution in [-0.2, 0) is 9.53 Å². The maximum atomic E-state index is 12.3. The summed E-state index contributed by atoms with van der Waals surface area (Å²) >= 11 is 0. The first-order valence-electron chi connectivity index (χ1n) is 11.8. The molecule has 0 atom stereocenters. The molecule has 2 aliphatic carbocycles. The Balaban J connectivity index is 0.00000320. The maximum absolute atomic E-state index is 12.3.